The van der Waals surface area contributed by atoms with Crippen molar-refractivity contribution in [1.82, 2.24) is 0 Å². The SMILES string of the molecule is [C-]#[N+]C1(Cc2ccccc2CC)CCC1. The minimum absolute atomic E-state index is 0.0503. The maximum absolute atomic E-state index is 7.31. The molecule has 0 amide bonds. The second kappa shape index (κ2) is 4.06. The van der Waals surface area contributed by atoms with Crippen molar-refractivity contribution in [2.24, 2.45) is 0 Å². The van der Waals surface area contributed by atoms with Gasteiger partial charge in [-0.2, -0.15) is 0 Å². The monoisotopic (exact) mass is 199 g/mol. The quantitative estimate of drug-likeness (QED) is 0.655. The summed E-state index contributed by atoms with van der Waals surface area (Å²) in [6.45, 7) is 9.49. The van der Waals surface area contributed by atoms with Gasteiger partial charge in [-0.15, -0.1) is 0 Å². The molecule has 0 bridgehead atoms. The summed E-state index contributed by atoms with van der Waals surface area (Å²) in [7, 11) is 0. The summed E-state index contributed by atoms with van der Waals surface area (Å²) in [5.74, 6) is 0. The summed E-state index contributed by atoms with van der Waals surface area (Å²) >= 11 is 0. The smallest absolute Gasteiger partial charge is 0.236 e. The first kappa shape index (κ1) is 10.2. The molecule has 0 radical (unpaired) electrons. The van der Waals surface area contributed by atoms with Crippen molar-refractivity contribution < 1.29 is 0 Å². The van der Waals surface area contributed by atoms with E-state index in [2.05, 4.69) is 36.0 Å². The van der Waals surface area contributed by atoms with Crippen molar-refractivity contribution >= 4 is 0 Å². The molecule has 1 aromatic rings. The molecule has 1 saturated carbocycles. The van der Waals surface area contributed by atoms with Crippen molar-refractivity contribution in [2.75, 3.05) is 0 Å². The van der Waals surface area contributed by atoms with Crippen LogP contribution >= 0.6 is 0 Å². The summed E-state index contributed by atoms with van der Waals surface area (Å²) < 4.78 is 0. The van der Waals surface area contributed by atoms with Crippen LogP contribution < -0.4 is 0 Å². The molecule has 1 aromatic carbocycles. The zero-order valence-corrected chi connectivity index (χ0v) is 9.29. The van der Waals surface area contributed by atoms with Gasteiger partial charge < -0.3 is 4.85 Å². The van der Waals surface area contributed by atoms with Crippen LogP contribution in [0, 0.1) is 6.57 Å². The van der Waals surface area contributed by atoms with Crippen LogP contribution in [0.1, 0.15) is 37.3 Å². The van der Waals surface area contributed by atoms with Gasteiger partial charge in [0.25, 0.3) is 0 Å². The van der Waals surface area contributed by atoms with Gasteiger partial charge in [0.2, 0.25) is 5.54 Å². The molecule has 0 N–H and O–H groups in total. The van der Waals surface area contributed by atoms with Gasteiger partial charge in [-0.3, -0.25) is 0 Å². The molecule has 15 heavy (non-hydrogen) atoms. The highest BCUT2D eigenvalue weighted by molar-refractivity contribution is 5.30. The Morgan fingerprint density at radius 3 is 2.40 bits per heavy atom. The van der Waals surface area contributed by atoms with Crippen molar-refractivity contribution in [3.8, 4) is 0 Å². The Morgan fingerprint density at radius 2 is 1.93 bits per heavy atom. The fraction of sp³-hybridized carbons (Fsp3) is 0.500. The van der Waals surface area contributed by atoms with Crippen LogP contribution in [0.15, 0.2) is 24.3 Å². The largest absolute Gasteiger partial charge is 0.310 e. The van der Waals surface area contributed by atoms with Crippen LogP contribution in [-0.2, 0) is 12.8 Å². The molecule has 78 valence electrons. The van der Waals surface area contributed by atoms with E-state index in [1.54, 1.807) is 0 Å². The Morgan fingerprint density at radius 1 is 1.27 bits per heavy atom. The van der Waals surface area contributed by atoms with Gasteiger partial charge in [-0.1, -0.05) is 31.2 Å². The summed E-state index contributed by atoms with van der Waals surface area (Å²) in [6.07, 6.45) is 5.45. The van der Waals surface area contributed by atoms with Crippen LogP contribution in [-0.4, -0.2) is 5.54 Å². The Labute approximate surface area is 91.9 Å². The minimum atomic E-state index is -0.0503. The van der Waals surface area contributed by atoms with E-state index in [1.807, 2.05) is 0 Å². The third-order valence-electron chi connectivity index (χ3n) is 3.54. The van der Waals surface area contributed by atoms with Crippen molar-refractivity contribution in [3.05, 3.63) is 46.8 Å². The molecule has 1 fully saturated rings. The number of aryl methyl sites for hydroxylation is 1. The highest BCUT2D eigenvalue weighted by Crippen LogP contribution is 2.39. The molecule has 0 aromatic heterocycles. The van der Waals surface area contributed by atoms with E-state index in [4.69, 9.17) is 6.57 Å². The van der Waals surface area contributed by atoms with E-state index < -0.39 is 0 Å². The van der Waals surface area contributed by atoms with Gasteiger partial charge >= 0.3 is 0 Å². The fourth-order valence-corrected chi connectivity index (χ4v) is 2.34. The first-order chi connectivity index (χ1) is 7.29. The van der Waals surface area contributed by atoms with E-state index in [-0.39, 0.29) is 5.54 Å². The predicted octanol–water partition coefficient (Wildman–Crippen LogP) is 3.63. The Bertz CT molecular complexity index is 383. The normalized spacial score (nSPS) is 17.9. The van der Waals surface area contributed by atoms with Crippen molar-refractivity contribution in [1.29, 1.82) is 0 Å². The van der Waals surface area contributed by atoms with E-state index >= 15 is 0 Å². The number of rotatable bonds is 3. The van der Waals surface area contributed by atoms with Gasteiger partial charge in [0.05, 0.1) is 6.42 Å². The van der Waals surface area contributed by atoms with Gasteiger partial charge in [-0.25, -0.2) is 6.57 Å². The first-order valence-electron chi connectivity index (χ1n) is 5.75. The summed E-state index contributed by atoms with van der Waals surface area (Å²) in [6, 6.07) is 8.55. The van der Waals surface area contributed by atoms with E-state index in [0.29, 0.717) is 0 Å². The third kappa shape index (κ3) is 1.90. The van der Waals surface area contributed by atoms with Crippen molar-refractivity contribution in [2.45, 2.75) is 44.6 Å². The van der Waals surface area contributed by atoms with E-state index in [9.17, 15) is 0 Å². The fourth-order valence-electron chi connectivity index (χ4n) is 2.34. The Balaban J connectivity index is 2.20. The second-order valence-electron chi connectivity index (χ2n) is 4.49. The zero-order chi connectivity index (χ0) is 10.7. The maximum Gasteiger partial charge on any atom is 0.236 e. The minimum Gasteiger partial charge on any atom is -0.310 e. The van der Waals surface area contributed by atoms with Crippen LogP contribution in [0.25, 0.3) is 4.85 Å². The average molecular weight is 199 g/mol. The molecule has 0 heterocycles. The van der Waals surface area contributed by atoms with Crippen LogP contribution in [0.3, 0.4) is 0 Å². The number of hydrogen-bond donors (Lipinski definition) is 0. The predicted molar refractivity (Wildman–Crippen MR) is 62.7 cm³/mol. The first-order valence-corrected chi connectivity index (χ1v) is 5.75. The molecule has 0 spiro atoms. The van der Waals surface area contributed by atoms with Gasteiger partial charge in [0.15, 0.2) is 0 Å². The highest BCUT2D eigenvalue weighted by Gasteiger charge is 2.43. The lowest BCUT2D eigenvalue weighted by molar-refractivity contribution is 0.300. The molecular formula is C14H17N. The Kier molecular flexibility index (Phi) is 2.77. The lowest BCUT2D eigenvalue weighted by atomic mass is 9.73. The number of nitrogens with zero attached hydrogens (tertiary/aromatic N) is 1. The summed E-state index contributed by atoms with van der Waals surface area (Å²) in [5, 5.41) is 0. The van der Waals surface area contributed by atoms with Crippen molar-refractivity contribution in [3.63, 3.8) is 0 Å². The second-order valence-corrected chi connectivity index (χ2v) is 4.49. The van der Waals surface area contributed by atoms with Gasteiger partial charge in [0, 0.05) is 12.8 Å². The molecule has 2 rings (SSSR count). The lowest BCUT2D eigenvalue weighted by Crippen LogP contribution is -2.35. The topological polar surface area (TPSA) is 4.36 Å². The van der Waals surface area contributed by atoms with Gasteiger partial charge in [0.1, 0.15) is 0 Å². The van der Waals surface area contributed by atoms with Crippen LogP contribution in [0.2, 0.25) is 0 Å². The molecule has 0 atom stereocenters. The average Bonchev–Trinajstić information content (AvgIpc) is 2.24. The standard InChI is InChI=1S/C14H17N/c1-3-12-7-4-5-8-13(12)11-14(15-2)9-6-10-14/h4-5,7-8H,3,6,9-11H2,1H3. The molecule has 0 saturated heterocycles. The van der Waals surface area contributed by atoms with Gasteiger partial charge in [-0.05, 0) is 24.0 Å². The number of benzene rings is 1. The number of hydrogen-bond acceptors (Lipinski definition) is 0. The van der Waals surface area contributed by atoms with E-state index in [0.717, 1.165) is 25.7 Å². The summed E-state index contributed by atoms with van der Waals surface area (Å²) in [5.41, 5.74) is 2.74. The van der Waals surface area contributed by atoms with E-state index in [1.165, 1.54) is 17.5 Å². The molecule has 0 unspecified atom stereocenters. The van der Waals surface area contributed by atoms with Crippen LogP contribution in [0.4, 0.5) is 0 Å². The maximum atomic E-state index is 7.31. The molecule has 1 aliphatic carbocycles. The molecule has 1 heteroatoms. The molecule has 0 aliphatic heterocycles. The molecule has 1 aliphatic rings. The highest BCUT2D eigenvalue weighted by atomic mass is 14.8. The zero-order valence-electron chi connectivity index (χ0n) is 9.29. The van der Waals surface area contributed by atoms with Crippen LogP contribution in [0.5, 0.6) is 0 Å². The summed E-state index contributed by atoms with van der Waals surface area (Å²) in [4.78, 5) is 3.85. The molecular weight excluding hydrogens is 182 g/mol. The Hall–Kier alpha value is -1.29. The third-order valence-corrected chi connectivity index (χ3v) is 3.54. The lowest BCUT2D eigenvalue weighted by Gasteiger charge is -2.30. The molecule has 1 nitrogen and oxygen atoms in total.